The van der Waals surface area contributed by atoms with Crippen molar-refractivity contribution in [2.24, 2.45) is 0 Å². The van der Waals surface area contributed by atoms with E-state index in [0.717, 1.165) is 31.7 Å². The molecule has 0 N–H and O–H groups in total. The van der Waals surface area contributed by atoms with Crippen molar-refractivity contribution in [3.8, 4) is 5.75 Å². The van der Waals surface area contributed by atoms with E-state index in [1.54, 1.807) is 0 Å². The number of benzene rings is 1. The first-order chi connectivity index (χ1) is 9.58. The molecule has 114 valence electrons. The van der Waals surface area contributed by atoms with Crippen LogP contribution in [-0.4, -0.2) is 32.1 Å². The molecule has 0 amide bonds. The average molecular weight is 277 g/mol. The summed E-state index contributed by atoms with van der Waals surface area (Å²) in [5.41, 5.74) is 2.81. The van der Waals surface area contributed by atoms with Crippen LogP contribution in [0.4, 0.5) is 0 Å². The molecule has 1 unspecified atom stereocenters. The van der Waals surface area contributed by atoms with Crippen LogP contribution < -0.4 is 4.74 Å². The van der Waals surface area contributed by atoms with E-state index in [1.165, 1.54) is 24.0 Å². The van der Waals surface area contributed by atoms with Gasteiger partial charge in [0.15, 0.2) is 0 Å². The monoisotopic (exact) mass is 277 g/mol. The molecule has 0 fully saturated rings. The minimum Gasteiger partial charge on any atom is -0.493 e. The molecular weight excluding hydrogens is 246 g/mol. The van der Waals surface area contributed by atoms with Crippen LogP contribution >= 0.6 is 0 Å². The van der Waals surface area contributed by atoms with E-state index in [4.69, 9.17) is 4.74 Å². The zero-order chi connectivity index (χ0) is 15.0. The normalized spacial score (nSPS) is 12.7. The van der Waals surface area contributed by atoms with Gasteiger partial charge in [0.1, 0.15) is 5.75 Å². The average Bonchev–Trinajstić information content (AvgIpc) is 2.44. The van der Waals surface area contributed by atoms with Crippen LogP contribution in [0.3, 0.4) is 0 Å². The van der Waals surface area contributed by atoms with Crippen molar-refractivity contribution in [1.82, 2.24) is 4.90 Å². The maximum Gasteiger partial charge on any atom is 0.122 e. The molecule has 0 aliphatic rings. The second kappa shape index (κ2) is 9.02. The Balaban J connectivity index is 2.81. The molecule has 2 nitrogen and oxygen atoms in total. The quantitative estimate of drug-likeness (QED) is 0.659. The molecule has 20 heavy (non-hydrogen) atoms. The van der Waals surface area contributed by atoms with E-state index in [1.807, 2.05) is 0 Å². The summed E-state index contributed by atoms with van der Waals surface area (Å²) in [5.74, 6) is 1.71. The number of aryl methyl sites for hydroxylation is 1. The first-order valence-corrected chi connectivity index (χ1v) is 7.98. The summed E-state index contributed by atoms with van der Waals surface area (Å²) in [6.45, 7) is 8.63. The molecule has 2 heteroatoms. The molecule has 0 spiro atoms. The molecule has 0 heterocycles. The maximum absolute atomic E-state index is 5.90. The highest BCUT2D eigenvalue weighted by molar-refractivity contribution is 5.38. The van der Waals surface area contributed by atoms with Crippen molar-refractivity contribution >= 4 is 0 Å². The van der Waals surface area contributed by atoms with E-state index in [0.29, 0.717) is 5.92 Å². The number of nitrogens with zero attached hydrogens (tertiary/aromatic N) is 1. The predicted molar refractivity (Wildman–Crippen MR) is 87.8 cm³/mol. The lowest BCUT2D eigenvalue weighted by atomic mass is 9.95. The lowest BCUT2D eigenvalue weighted by molar-refractivity contribution is 0.313. The molecule has 0 saturated carbocycles. The Bertz CT molecular complexity index is 387. The van der Waals surface area contributed by atoms with Gasteiger partial charge in [0.05, 0.1) is 6.61 Å². The summed E-state index contributed by atoms with van der Waals surface area (Å²) in [4.78, 5) is 2.24. The third-order valence-corrected chi connectivity index (χ3v) is 3.78. The Labute approximate surface area is 125 Å². The molecule has 1 rings (SSSR count). The number of hydrogen-bond acceptors (Lipinski definition) is 2. The standard InChI is InChI=1S/C18H31NO/c1-6-13-20-18-11-10-16(15(3)7-2)14-17(18)9-8-12-19(4)5/h10-11,14-15H,6-9,12-13H2,1-5H3. The lowest BCUT2D eigenvalue weighted by Gasteiger charge is -2.16. The first kappa shape index (κ1) is 17.0. The van der Waals surface area contributed by atoms with Gasteiger partial charge in [-0.05, 0) is 69.4 Å². The molecule has 0 saturated heterocycles. The first-order valence-electron chi connectivity index (χ1n) is 7.98. The van der Waals surface area contributed by atoms with E-state index < -0.39 is 0 Å². The summed E-state index contributed by atoms with van der Waals surface area (Å²) in [6, 6.07) is 6.76. The highest BCUT2D eigenvalue weighted by Crippen LogP contribution is 2.27. The molecule has 0 aliphatic heterocycles. The fraction of sp³-hybridized carbons (Fsp3) is 0.667. The van der Waals surface area contributed by atoms with Crippen molar-refractivity contribution in [2.75, 3.05) is 27.2 Å². The Morgan fingerprint density at radius 1 is 1.20 bits per heavy atom. The highest BCUT2D eigenvalue weighted by atomic mass is 16.5. The zero-order valence-electron chi connectivity index (χ0n) is 13.9. The summed E-state index contributed by atoms with van der Waals surface area (Å²) >= 11 is 0. The minimum atomic E-state index is 0.628. The third-order valence-electron chi connectivity index (χ3n) is 3.78. The van der Waals surface area contributed by atoms with E-state index >= 15 is 0 Å². The van der Waals surface area contributed by atoms with Gasteiger partial charge >= 0.3 is 0 Å². The largest absolute Gasteiger partial charge is 0.493 e. The summed E-state index contributed by atoms with van der Waals surface area (Å²) in [6.07, 6.45) is 4.53. The van der Waals surface area contributed by atoms with Crippen molar-refractivity contribution in [3.05, 3.63) is 29.3 Å². The van der Waals surface area contributed by atoms with Crippen molar-refractivity contribution < 1.29 is 4.74 Å². The van der Waals surface area contributed by atoms with Crippen molar-refractivity contribution in [2.45, 2.75) is 52.4 Å². The second-order valence-electron chi connectivity index (χ2n) is 5.93. The van der Waals surface area contributed by atoms with E-state index in [9.17, 15) is 0 Å². The topological polar surface area (TPSA) is 12.5 Å². The molecule has 0 aliphatic carbocycles. The number of rotatable bonds is 9. The Hall–Kier alpha value is -1.02. The van der Waals surface area contributed by atoms with Gasteiger partial charge in [-0.2, -0.15) is 0 Å². The second-order valence-corrected chi connectivity index (χ2v) is 5.93. The predicted octanol–water partition coefficient (Wildman–Crippen LogP) is 4.48. The highest BCUT2D eigenvalue weighted by Gasteiger charge is 2.09. The lowest BCUT2D eigenvalue weighted by Crippen LogP contribution is -2.13. The third kappa shape index (κ3) is 5.54. The summed E-state index contributed by atoms with van der Waals surface area (Å²) in [5, 5.41) is 0. The number of ether oxygens (including phenoxy) is 1. The molecule has 0 aromatic heterocycles. The van der Waals surface area contributed by atoms with Gasteiger partial charge in [-0.1, -0.05) is 32.9 Å². The molecule has 1 aromatic rings. The van der Waals surface area contributed by atoms with Gasteiger partial charge in [0.2, 0.25) is 0 Å². The van der Waals surface area contributed by atoms with Gasteiger partial charge in [0.25, 0.3) is 0 Å². The van der Waals surface area contributed by atoms with Gasteiger partial charge < -0.3 is 9.64 Å². The Morgan fingerprint density at radius 3 is 2.55 bits per heavy atom. The smallest absolute Gasteiger partial charge is 0.122 e. The van der Waals surface area contributed by atoms with Gasteiger partial charge in [0, 0.05) is 0 Å². The van der Waals surface area contributed by atoms with Crippen LogP contribution in [-0.2, 0) is 6.42 Å². The van der Waals surface area contributed by atoms with Crippen LogP contribution in [0.25, 0.3) is 0 Å². The fourth-order valence-electron chi connectivity index (χ4n) is 2.28. The van der Waals surface area contributed by atoms with E-state index in [2.05, 4.69) is 58.0 Å². The molecule has 0 bridgehead atoms. The fourth-order valence-corrected chi connectivity index (χ4v) is 2.28. The molecule has 1 aromatic carbocycles. The SMILES string of the molecule is CCCOc1ccc(C(C)CC)cc1CCCN(C)C. The van der Waals surface area contributed by atoms with Crippen LogP contribution in [0.5, 0.6) is 5.75 Å². The Morgan fingerprint density at radius 2 is 1.95 bits per heavy atom. The molecule has 0 radical (unpaired) electrons. The van der Waals surface area contributed by atoms with Gasteiger partial charge in [-0.3, -0.25) is 0 Å². The molecule has 1 atom stereocenters. The Kier molecular flexibility index (Phi) is 7.68. The van der Waals surface area contributed by atoms with Crippen LogP contribution in [0.15, 0.2) is 18.2 Å². The van der Waals surface area contributed by atoms with Gasteiger partial charge in [-0.25, -0.2) is 0 Å². The van der Waals surface area contributed by atoms with Gasteiger partial charge in [-0.15, -0.1) is 0 Å². The van der Waals surface area contributed by atoms with Crippen LogP contribution in [0.1, 0.15) is 57.1 Å². The number of hydrogen-bond donors (Lipinski definition) is 0. The zero-order valence-corrected chi connectivity index (χ0v) is 13.9. The van der Waals surface area contributed by atoms with Crippen molar-refractivity contribution in [1.29, 1.82) is 0 Å². The van der Waals surface area contributed by atoms with Crippen molar-refractivity contribution in [3.63, 3.8) is 0 Å². The summed E-state index contributed by atoms with van der Waals surface area (Å²) < 4.78 is 5.90. The summed E-state index contributed by atoms with van der Waals surface area (Å²) in [7, 11) is 4.26. The minimum absolute atomic E-state index is 0.628. The van der Waals surface area contributed by atoms with Crippen LogP contribution in [0.2, 0.25) is 0 Å². The van der Waals surface area contributed by atoms with Crippen LogP contribution in [0, 0.1) is 0 Å². The maximum atomic E-state index is 5.90. The molecular formula is C18H31NO. The van der Waals surface area contributed by atoms with E-state index in [-0.39, 0.29) is 0 Å².